The van der Waals surface area contributed by atoms with Crippen molar-refractivity contribution in [3.63, 3.8) is 0 Å². The van der Waals surface area contributed by atoms with Gasteiger partial charge in [-0.05, 0) is 30.7 Å². The number of nitrogens with two attached hydrogens (primary N) is 2. The van der Waals surface area contributed by atoms with Crippen LogP contribution in [0.3, 0.4) is 0 Å². The highest BCUT2D eigenvalue weighted by molar-refractivity contribution is 5.52. The van der Waals surface area contributed by atoms with Gasteiger partial charge in [0.05, 0.1) is 0 Å². The second-order valence-electron chi connectivity index (χ2n) is 3.69. The van der Waals surface area contributed by atoms with Gasteiger partial charge in [0, 0.05) is 23.5 Å². The molecule has 0 aliphatic carbocycles. The number of aryl methyl sites for hydroxylation is 1. The summed E-state index contributed by atoms with van der Waals surface area (Å²) in [6.45, 7) is 1.96. The van der Waals surface area contributed by atoms with Crippen molar-refractivity contribution >= 4 is 11.4 Å². The summed E-state index contributed by atoms with van der Waals surface area (Å²) in [7, 11) is 0. The maximum absolute atomic E-state index is 5.80. The molecule has 16 heavy (non-hydrogen) atoms. The third-order valence-electron chi connectivity index (χ3n) is 2.34. The van der Waals surface area contributed by atoms with E-state index < -0.39 is 0 Å². The first kappa shape index (κ1) is 10.4. The number of benzene rings is 2. The van der Waals surface area contributed by atoms with Gasteiger partial charge < -0.3 is 16.2 Å². The van der Waals surface area contributed by atoms with Crippen molar-refractivity contribution in [1.29, 1.82) is 0 Å². The van der Waals surface area contributed by atoms with E-state index in [0.717, 1.165) is 11.3 Å². The molecular weight excluding hydrogens is 200 g/mol. The van der Waals surface area contributed by atoms with Gasteiger partial charge in [0.25, 0.3) is 0 Å². The van der Waals surface area contributed by atoms with Crippen LogP contribution in [0, 0.1) is 6.92 Å². The van der Waals surface area contributed by atoms with Crippen LogP contribution in [0.25, 0.3) is 0 Å². The first-order valence-corrected chi connectivity index (χ1v) is 5.04. The molecule has 0 amide bonds. The van der Waals surface area contributed by atoms with Gasteiger partial charge in [-0.1, -0.05) is 12.1 Å². The lowest BCUT2D eigenvalue weighted by molar-refractivity contribution is 0.483. The van der Waals surface area contributed by atoms with E-state index in [0.29, 0.717) is 17.2 Å². The van der Waals surface area contributed by atoms with E-state index in [1.807, 2.05) is 37.3 Å². The van der Waals surface area contributed by atoms with Crippen LogP contribution in [-0.4, -0.2) is 0 Å². The molecule has 82 valence electrons. The SMILES string of the molecule is Cc1ccc(Oc2cccc(N)c2)cc1N. The molecule has 0 fully saturated rings. The van der Waals surface area contributed by atoms with E-state index in [1.54, 1.807) is 12.1 Å². The molecule has 4 N–H and O–H groups in total. The van der Waals surface area contributed by atoms with E-state index in [9.17, 15) is 0 Å². The fourth-order valence-corrected chi connectivity index (χ4v) is 1.40. The molecule has 3 heteroatoms. The molecule has 2 aromatic rings. The summed E-state index contributed by atoms with van der Waals surface area (Å²) >= 11 is 0. The van der Waals surface area contributed by atoms with Gasteiger partial charge >= 0.3 is 0 Å². The monoisotopic (exact) mass is 214 g/mol. The van der Waals surface area contributed by atoms with Crippen molar-refractivity contribution in [2.45, 2.75) is 6.92 Å². The standard InChI is InChI=1S/C13H14N2O/c1-9-5-6-12(8-13(9)15)16-11-4-2-3-10(14)7-11/h2-8H,14-15H2,1H3. The average molecular weight is 214 g/mol. The van der Waals surface area contributed by atoms with Crippen LogP contribution >= 0.6 is 0 Å². The largest absolute Gasteiger partial charge is 0.457 e. The van der Waals surface area contributed by atoms with Crippen molar-refractivity contribution in [3.8, 4) is 11.5 Å². The Morgan fingerprint density at radius 2 is 1.69 bits per heavy atom. The first-order valence-electron chi connectivity index (χ1n) is 5.04. The summed E-state index contributed by atoms with van der Waals surface area (Å²) in [6, 6.07) is 12.9. The van der Waals surface area contributed by atoms with Crippen LogP contribution in [0.1, 0.15) is 5.56 Å². The summed E-state index contributed by atoms with van der Waals surface area (Å²) < 4.78 is 5.64. The Bertz CT molecular complexity index is 509. The molecule has 0 atom stereocenters. The van der Waals surface area contributed by atoms with Crippen molar-refractivity contribution in [1.82, 2.24) is 0 Å². The molecule has 2 aromatic carbocycles. The molecule has 0 saturated heterocycles. The number of rotatable bonds is 2. The highest BCUT2D eigenvalue weighted by Crippen LogP contribution is 2.25. The zero-order valence-electron chi connectivity index (χ0n) is 9.10. The lowest BCUT2D eigenvalue weighted by Crippen LogP contribution is -1.91. The van der Waals surface area contributed by atoms with Gasteiger partial charge in [-0.25, -0.2) is 0 Å². The molecule has 0 saturated carbocycles. The molecule has 0 unspecified atom stereocenters. The van der Waals surface area contributed by atoms with Gasteiger partial charge in [0.2, 0.25) is 0 Å². The fourth-order valence-electron chi connectivity index (χ4n) is 1.40. The Morgan fingerprint density at radius 1 is 0.938 bits per heavy atom. The first-order chi connectivity index (χ1) is 7.65. The third kappa shape index (κ3) is 2.25. The Kier molecular flexibility index (Phi) is 2.68. The topological polar surface area (TPSA) is 61.3 Å². The normalized spacial score (nSPS) is 10.1. The van der Waals surface area contributed by atoms with Crippen LogP contribution in [0.4, 0.5) is 11.4 Å². The molecule has 2 rings (SSSR count). The Labute approximate surface area is 94.6 Å². The zero-order chi connectivity index (χ0) is 11.5. The minimum absolute atomic E-state index is 0.678. The summed E-state index contributed by atoms with van der Waals surface area (Å²) in [6.07, 6.45) is 0. The number of hydrogen-bond acceptors (Lipinski definition) is 3. The van der Waals surface area contributed by atoms with E-state index in [4.69, 9.17) is 16.2 Å². The van der Waals surface area contributed by atoms with Crippen LogP contribution in [0.15, 0.2) is 42.5 Å². The molecule has 0 aromatic heterocycles. The van der Waals surface area contributed by atoms with Gasteiger partial charge in [-0.15, -0.1) is 0 Å². The van der Waals surface area contributed by atoms with Crippen molar-refractivity contribution in [3.05, 3.63) is 48.0 Å². The van der Waals surface area contributed by atoms with Crippen molar-refractivity contribution < 1.29 is 4.74 Å². The van der Waals surface area contributed by atoms with Crippen molar-refractivity contribution in [2.75, 3.05) is 11.5 Å². The molecule has 0 aliphatic rings. The highest BCUT2D eigenvalue weighted by Gasteiger charge is 2.00. The van der Waals surface area contributed by atoms with Crippen molar-refractivity contribution in [2.24, 2.45) is 0 Å². The van der Waals surface area contributed by atoms with Crippen LogP contribution < -0.4 is 16.2 Å². The van der Waals surface area contributed by atoms with Crippen LogP contribution in [0.2, 0.25) is 0 Å². The van der Waals surface area contributed by atoms with E-state index in [2.05, 4.69) is 0 Å². The molecule has 0 heterocycles. The lowest BCUT2D eigenvalue weighted by atomic mass is 10.2. The maximum atomic E-state index is 5.80. The number of hydrogen-bond donors (Lipinski definition) is 2. The van der Waals surface area contributed by atoms with Crippen LogP contribution in [-0.2, 0) is 0 Å². The fraction of sp³-hybridized carbons (Fsp3) is 0.0769. The summed E-state index contributed by atoms with van der Waals surface area (Å²) in [4.78, 5) is 0. The smallest absolute Gasteiger partial charge is 0.129 e. The predicted molar refractivity (Wildman–Crippen MR) is 66.5 cm³/mol. The number of ether oxygens (including phenoxy) is 1. The number of anilines is 2. The molecule has 3 nitrogen and oxygen atoms in total. The Balaban J connectivity index is 2.24. The summed E-state index contributed by atoms with van der Waals surface area (Å²) in [5.41, 5.74) is 13.9. The number of nitrogen functional groups attached to an aromatic ring is 2. The molecular formula is C13H14N2O. The zero-order valence-corrected chi connectivity index (χ0v) is 9.10. The minimum Gasteiger partial charge on any atom is -0.457 e. The highest BCUT2D eigenvalue weighted by atomic mass is 16.5. The summed E-state index contributed by atoms with van der Waals surface area (Å²) in [5.74, 6) is 1.43. The van der Waals surface area contributed by atoms with E-state index >= 15 is 0 Å². The lowest BCUT2D eigenvalue weighted by Gasteiger charge is -2.08. The quantitative estimate of drug-likeness (QED) is 0.755. The van der Waals surface area contributed by atoms with Gasteiger partial charge in [0.1, 0.15) is 11.5 Å². The minimum atomic E-state index is 0.678. The van der Waals surface area contributed by atoms with E-state index in [-0.39, 0.29) is 0 Å². The molecule has 0 spiro atoms. The van der Waals surface area contributed by atoms with Gasteiger partial charge in [-0.2, -0.15) is 0 Å². The second kappa shape index (κ2) is 4.14. The second-order valence-corrected chi connectivity index (χ2v) is 3.69. The van der Waals surface area contributed by atoms with Gasteiger partial charge in [0.15, 0.2) is 0 Å². The Hall–Kier alpha value is -2.16. The molecule has 0 aliphatic heterocycles. The van der Waals surface area contributed by atoms with Gasteiger partial charge in [-0.3, -0.25) is 0 Å². The maximum Gasteiger partial charge on any atom is 0.129 e. The predicted octanol–water partition coefficient (Wildman–Crippen LogP) is 2.95. The van der Waals surface area contributed by atoms with Crippen LogP contribution in [0.5, 0.6) is 11.5 Å². The van der Waals surface area contributed by atoms with E-state index in [1.165, 1.54) is 0 Å². The molecule has 0 radical (unpaired) electrons. The summed E-state index contributed by atoms with van der Waals surface area (Å²) in [5, 5.41) is 0. The Morgan fingerprint density at radius 3 is 2.38 bits per heavy atom. The average Bonchev–Trinajstić information content (AvgIpc) is 2.24. The molecule has 0 bridgehead atoms. The third-order valence-corrected chi connectivity index (χ3v) is 2.34.